The number of carbonyl (C=O) groups excluding carboxylic acids is 1. The average molecular weight is 311 g/mol. The molecule has 1 aromatic heterocycles. The number of benzene rings is 2. The Bertz CT molecular complexity index is 808. The predicted octanol–water partition coefficient (Wildman–Crippen LogP) is 3.08. The molecule has 1 heterocycles. The number of aromatic amines is 1. The van der Waals surface area contributed by atoms with Gasteiger partial charge in [-0.15, -0.1) is 11.8 Å². The van der Waals surface area contributed by atoms with Crippen LogP contribution in [-0.4, -0.2) is 17.1 Å². The molecule has 112 valence electrons. The maximum absolute atomic E-state index is 11.4. The largest absolute Gasteiger partial charge is 0.361 e. The molecule has 3 rings (SSSR count). The highest BCUT2D eigenvalue weighted by Crippen LogP contribution is 2.26. The summed E-state index contributed by atoms with van der Waals surface area (Å²) in [7, 11) is 0. The lowest BCUT2D eigenvalue weighted by Crippen LogP contribution is -2.29. The van der Waals surface area contributed by atoms with Crippen molar-refractivity contribution in [1.29, 1.82) is 0 Å². The molecule has 0 fully saturated rings. The van der Waals surface area contributed by atoms with Crippen LogP contribution in [0.5, 0.6) is 0 Å². The van der Waals surface area contributed by atoms with Crippen molar-refractivity contribution in [3.8, 4) is 0 Å². The number of amides is 1. The second-order valence-corrected chi connectivity index (χ2v) is 5.95. The van der Waals surface area contributed by atoms with Gasteiger partial charge < -0.3 is 4.98 Å². The molecule has 0 aliphatic heterocycles. The van der Waals surface area contributed by atoms with E-state index in [1.54, 1.807) is 23.9 Å². The average Bonchev–Trinajstić information content (AvgIpc) is 2.97. The van der Waals surface area contributed by atoms with Gasteiger partial charge >= 0.3 is 0 Å². The highest BCUT2D eigenvalue weighted by atomic mass is 32.2. The number of thioether (sulfide) groups is 1. The fourth-order valence-corrected chi connectivity index (χ4v) is 2.95. The third kappa shape index (κ3) is 2.86. The zero-order valence-corrected chi connectivity index (χ0v) is 13.0. The molecule has 1 amide bonds. The lowest BCUT2D eigenvalue weighted by atomic mass is 10.0. The number of hydrogen-bond donors (Lipinski definition) is 3. The Morgan fingerprint density at radius 1 is 1.23 bits per heavy atom. The van der Waals surface area contributed by atoms with Crippen LogP contribution in [0.1, 0.15) is 21.5 Å². The number of nitrogens with two attached hydrogens (primary N) is 1. The molecule has 0 bridgehead atoms. The van der Waals surface area contributed by atoms with Crippen molar-refractivity contribution in [3.05, 3.63) is 65.4 Å². The molecule has 0 saturated carbocycles. The number of hydrogen-bond acceptors (Lipinski definition) is 3. The van der Waals surface area contributed by atoms with Crippen LogP contribution in [0.2, 0.25) is 0 Å². The summed E-state index contributed by atoms with van der Waals surface area (Å²) in [5.41, 5.74) is 6.26. The molecule has 2 aromatic carbocycles. The van der Waals surface area contributed by atoms with Crippen LogP contribution in [-0.2, 0) is 6.42 Å². The summed E-state index contributed by atoms with van der Waals surface area (Å²) in [6, 6.07) is 13.9. The van der Waals surface area contributed by atoms with E-state index in [4.69, 9.17) is 5.84 Å². The lowest BCUT2D eigenvalue weighted by molar-refractivity contribution is 0.0953. The summed E-state index contributed by atoms with van der Waals surface area (Å²) in [5.74, 6) is 4.86. The number of rotatable bonds is 4. The SMILES string of the molecule is CSc1ccc2[nH]cc(Cc3ccc(C(=O)NN)cc3)c2c1. The number of fused-ring (bicyclic) bond motifs is 1. The summed E-state index contributed by atoms with van der Waals surface area (Å²) in [5, 5.41) is 1.25. The van der Waals surface area contributed by atoms with Gasteiger partial charge in [-0.25, -0.2) is 5.84 Å². The van der Waals surface area contributed by atoms with Gasteiger partial charge in [0.05, 0.1) is 0 Å². The number of nitrogens with one attached hydrogen (secondary N) is 2. The Morgan fingerprint density at radius 3 is 2.68 bits per heavy atom. The maximum atomic E-state index is 11.4. The third-order valence-corrected chi connectivity index (χ3v) is 4.44. The van der Waals surface area contributed by atoms with Gasteiger partial charge in [-0.2, -0.15) is 0 Å². The summed E-state index contributed by atoms with van der Waals surface area (Å²) in [6.07, 6.45) is 4.95. The molecule has 0 spiro atoms. The summed E-state index contributed by atoms with van der Waals surface area (Å²) < 4.78 is 0. The molecular weight excluding hydrogens is 294 g/mol. The molecule has 0 aliphatic rings. The van der Waals surface area contributed by atoms with Crippen LogP contribution in [0.4, 0.5) is 0 Å². The van der Waals surface area contributed by atoms with Crippen LogP contribution in [0.3, 0.4) is 0 Å². The van der Waals surface area contributed by atoms with E-state index in [1.807, 2.05) is 12.1 Å². The minimum Gasteiger partial charge on any atom is -0.361 e. The van der Waals surface area contributed by atoms with Gasteiger partial charge in [-0.05, 0) is 54.1 Å². The second kappa shape index (κ2) is 6.25. The zero-order valence-electron chi connectivity index (χ0n) is 12.2. The first-order chi connectivity index (χ1) is 10.7. The van der Waals surface area contributed by atoms with E-state index < -0.39 is 0 Å². The molecule has 0 unspecified atom stereocenters. The van der Waals surface area contributed by atoms with Crippen molar-refractivity contribution >= 4 is 28.6 Å². The number of carbonyl (C=O) groups is 1. The lowest BCUT2D eigenvalue weighted by Gasteiger charge is -2.04. The predicted molar refractivity (Wildman–Crippen MR) is 91.0 cm³/mol. The summed E-state index contributed by atoms with van der Waals surface area (Å²) in [4.78, 5) is 16.0. The first-order valence-electron chi connectivity index (χ1n) is 6.95. The van der Waals surface area contributed by atoms with E-state index in [2.05, 4.69) is 41.1 Å². The number of aromatic nitrogens is 1. The highest BCUT2D eigenvalue weighted by molar-refractivity contribution is 7.98. The Morgan fingerprint density at radius 2 is 2.00 bits per heavy atom. The molecule has 4 N–H and O–H groups in total. The maximum Gasteiger partial charge on any atom is 0.265 e. The van der Waals surface area contributed by atoms with E-state index in [-0.39, 0.29) is 5.91 Å². The van der Waals surface area contributed by atoms with Gasteiger partial charge in [0.2, 0.25) is 0 Å². The van der Waals surface area contributed by atoms with Gasteiger partial charge in [0.1, 0.15) is 0 Å². The fourth-order valence-electron chi connectivity index (χ4n) is 2.51. The van der Waals surface area contributed by atoms with Crippen molar-refractivity contribution in [2.45, 2.75) is 11.3 Å². The van der Waals surface area contributed by atoms with Crippen molar-refractivity contribution in [3.63, 3.8) is 0 Å². The fraction of sp³-hybridized carbons (Fsp3) is 0.118. The van der Waals surface area contributed by atoms with Crippen LogP contribution in [0.15, 0.2) is 53.6 Å². The Balaban J connectivity index is 1.88. The molecule has 4 nitrogen and oxygen atoms in total. The van der Waals surface area contributed by atoms with Crippen LogP contribution in [0.25, 0.3) is 10.9 Å². The first-order valence-corrected chi connectivity index (χ1v) is 8.17. The Kier molecular flexibility index (Phi) is 4.18. The number of H-pyrrole nitrogens is 1. The number of nitrogen functional groups attached to an aromatic ring is 1. The van der Waals surface area contributed by atoms with Gasteiger partial charge in [0, 0.05) is 27.6 Å². The van der Waals surface area contributed by atoms with Gasteiger partial charge in [0.25, 0.3) is 5.91 Å². The molecule has 22 heavy (non-hydrogen) atoms. The Hall–Kier alpha value is -2.24. The van der Waals surface area contributed by atoms with E-state index >= 15 is 0 Å². The van der Waals surface area contributed by atoms with E-state index in [1.165, 1.54) is 15.8 Å². The van der Waals surface area contributed by atoms with Gasteiger partial charge in [-0.1, -0.05) is 12.1 Å². The molecule has 5 heteroatoms. The smallest absolute Gasteiger partial charge is 0.265 e. The number of hydrazine groups is 1. The summed E-state index contributed by atoms with van der Waals surface area (Å²) >= 11 is 1.74. The van der Waals surface area contributed by atoms with Crippen molar-refractivity contribution < 1.29 is 4.79 Å². The zero-order chi connectivity index (χ0) is 15.5. The molecular formula is C17H17N3OS. The van der Waals surface area contributed by atoms with Gasteiger partial charge in [0.15, 0.2) is 0 Å². The van der Waals surface area contributed by atoms with E-state index in [0.29, 0.717) is 5.56 Å². The van der Waals surface area contributed by atoms with Crippen molar-refractivity contribution in [2.24, 2.45) is 5.84 Å². The van der Waals surface area contributed by atoms with E-state index in [9.17, 15) is 4.79 Å². The normalized spacial score (nSPS) is 10.8. The van der Waals surface area contributed by atoms with Crippen LogP contribution < -0.4 is 11.3 Å². The van der Waals surface area contributed by atoms with Crippen molar-refractivity contribution in [2.75, 3.05) is 6.26 Å². The molecule has 0 radical (unpaired) electrons. The second-order valence-electron chi connectivity index (χ2n) is 5.07. The van der Waals surface area contributed by atoms with Gasteiger partial charge in [-0.3, -0.25) is 10.2 Å². The monoisotopic (exact) mass is 311 g/mol. The van der Waals surface area contributed by atoms with Crippen molar-refractivity contribution in [1.82, 2.24) is 10.4 Å². The van der Waals surface area contributed by atoms with Crippen LogP contribution >= 0.6 is 11.8 Å². The Labute approximate surface area is 133 Å². The third-order valence-electron chi connectivity index (χ3n) is 3.72. The topological polar surface area (TPSA) is 70.9 Å². The minimum absolute atomic E-state index is 0.275. The quantitative estimate of drug-likeness (QED) is 0.300. The molecule has 0 atom stereocenters. The van der Waals surface area contributed by atoms with E-state index in [0.717, 1.165) is 17.5 Å². The first kappa shape index (κ1) is 14.7. The summed E-state index contributed by atoms with van der Waals surface area (Å²) in [6.45, 7) is 0. The molecule has 3 aromatic rings. The minimum atomic E-state index is -0.275. The molecule has 0 saturated heterocycles. The van der Waals surface area contributed by atoms with Crippen LogP contribution in [0, 0.1) is 0 Å². The molecule has 0 aliphatic carbocycles. The highest BCUT2D eigenvalue weighted by Gasteiger charge is 2.07. The standard InChI is InChI=1S/C17H17N3OS/c1-22-14-6-7-16-15(9-14)13(10-19-16)8-11-2-4-12(5-3-11)17(21)20-18/h2-7,9-10,19H,8,18H2,1H3,(H,20,21).